The summed E-state index contributed by atoms with van der Waals surface area (Å²) in [4.78, 5) is 12.0. The highest BCUT2D eigenvalue weighted by atomic mass is 79.9. The van der Waals surface area contributed by atoms with Crippen molar-refractivity contribution in [3.8, 4) is 0 Å². The SMILES string of the molecule is O=C(NCCC(O)c1cccc(Cl)c1)c1ccccc1Br. The van der Waals surface area contributed by atoms with E-state index in [4.69, 9.17) is 11.6 Å². The van der Waals surface area contributed by atoms with E-state index in [-0.39, 0.29) is 5.91 Å². The van der Waals surface area contributed by atoms with Crippen molar-refractivity contribution in [1.82, 2.24) is 5.32 Å². The third kappa shape index (κ3) is 4.56. The van der Waals surface area contributed by atoms with Gasteiger partial charge in [0.2, 0.25) is 0 Å². The zero-order valence-electron chi connectivity index (χ0n) is 11.2. The van der Waals surface area contributed by atoms with E-state index in [0.717, 1.165) is 10.0 Å². The fraction of sp³-hybridized carbons (Fsp3) is 0.188. The molecule has 0 saturated carbocycles. The van der Waals surface area contributed by atoms with Gasteiger partial charge >= 0.3 is 0 Å². The van der Waals surface area contributed by atoms with E-state index >= 15 is 0 Å². The van der Waals surface area contributed by atoms with Crippen molar-refractivity contribution < 1.29 is 9.90 Å². The maximum atomic E-state index is 12.0. The summed E-state index contributed by atoms with van der Waals surface area (Å²) in [6.07, 6.45) is -0.223. The Bertz CT molecular complexity index is 633. The average Bonchev–Trinajstić information content (AvgIpc) is 2.47. The Morgan fingerprint density at radius 2 is 2.00 bits per heavy atom. The van der Waals surface area contributed by atoms with Gasteiger partial charge in [0.1, 0.15) is 0 Å². The molecule has 5 heteroatoms. The van der Waals surface area contributed by atoms with E-state index < -0.39 is 6.10 Å². The second kappa shape index (κ2) is 7.59. The van der Waals surface area contributed by atoms with Crippen LogP contribution >= 0.6 is 27.5 Å². The lowest BCUT2D eigenvalue weighted by atomic mass is 10.1. The van der Waals surface area contributed by atoms with E-state index in [2.05, 4.69) is 21.2 Å². The molecular weight excluding hydrogens is 354 g/mol. The maximum Gasteiger partial charge on any atom is 0.252 e. The van der Waals surface area contributed by atoms with Crippen molar-refractivity contribution in [3.63, 3.8) is 0 Å². The molecule has 3 nitrogen and oxygen atoms in total. The number of amides is 1. The molecule has 0 heterocycles. The van der Waals surface area contributed by atoms with Gasteiger partial charge in [-0.2, -0.15) is 0 Å². The zero-order chi connectivity index (χ0) is 15.2. The number of rotatable bonds is 5. The second-order valence-electron chi connectivity index (χ2n) is 4.60. The molecule has 0 aliphatic heterocycles. The first-order valence-electron chi connectivity index (χ1n) is 6.54. The standard InChI is InChI=1S/C16H15BrClNO2/c17-14-7-2-1-6-13(14)16(21)19-9-8-15(20)11-4-3-5-12(18)10-11/h1-7,10,15,20H,8-9H2,(H,19,21). The fourth-order valence-corrected chi connectivity index (χ4v) is 2.61. The minimum absolute atomic E-state index is 0.166. The molecule has 0 spiro atoms. The number of carbonyl (C=O) groups is 1. The van der Waals surface area contributed by atoms with E-state index in [9.17, 15) is 9.90 Å². The van der Waals surface area contributed by atoms with Gasteiger partial charge in [-0.15, -0.1) is 0 Å². The number of benzene rings is 2. The van der Waals surface area contributed by atoms with Gasteiger partial charge in [-0.1, -0.05) is 35.9 Å². The number of hydrogen-bond acceptors (Lipinski definition) is 2. The number of halogens is 2. The van der Waals surface area contributed by atoms with Crippen LogP contribution in [-0.2, 0) is 0 Å². The molecule has 0 bridgehead atoms. The van der Waals surface area contributed by atoms with Crippen LogP contribution in [0.25, 0.3) is 0 Å². The number of aliphatic hydroxyl groups is 1. The lowest BCUT2D eigenvalue weighted by molar-refractivity contribution is 0.0942. The second-order valence-corrected chi connectivity index (χ2v) is 5.89. The van der Waals surface area contributed by atoms with Crippen LogP contribution in [0.2, 0.25) is 5.02 Å². The predicted molar refractivity (Wildman–Crippen MR) is 87.5 cm³/mol. The van der Waals surface area contributed by atoms with E-state index in [1.54, 1.807) is 30.3 Å². The number of hydrogen-bond donors (Lipinski definition) is 2. The number of aliphatic hydroxyl groups excluding tert-OH is 1. The highest BCUT2D eigenvalue weighted by Crippen LogP contribution is 2.20. The first kappa shape index (κ1) is 16.0. The predicted octanol–water partition coefficient (Wildman–Crippen LogP) is 3.96. The molecule has 2 rings (SSSR count). The van der Waals surface area contributed by atoms with Gasteiger partial charge in [0.15, 0.2) is 0 Å². The Morgan fingerprint density at radius 3 is 2.71 bits per heavy atom. The quantitative estimate of drug-likeness (QED) is 0.839. The Morgan fingerprint density at radius 1 is 1.24 bits per heavy atom. The topological polar surface area (TPSA) is 49.3 Å². The average molecular weight is 369 g/mol. The van der Waals surface area contributed by atoms with Crippen molar-refractivity contribution >= 4 is 33.4 Å². The molecular formula is C16H15BrClNO2. The van der Waals surface area contributed by atoms with Crippen molar-refractivity contribution in [1.29, 1.82) is 0 Å². The minimum atomic E-state index is -0.650. The van der Waals surface area contributed by atoms with E-state index in [1.165, 1.54) is 0 Å². The largest absolute Gasteiger partial charge is 0.388 e. The van der Waals surface area contributed by atoms with Crippen molar-refractivity contribution in [2.75, 3.05) is 6.54 Å². The molecule has 2 aromatic rings. The minimum Gasteiger partial charge on any atom is -0.388 e. The Hall–Kier alpha value is -1.36. The van der Waals surface area contributed by atoms with Gasteiger partial charge in [-0.05, 0) is 52.2 Å². The molecule has 110 valence electrons. The summed E-state index contributed by atoms with van der Waals surface area (Å²) >= 11 is 9.22. The summed E-state index contributed by atoms with van der Waals surface area (Å²) in [6.45, 7) is 0.383. The molecule has 1 atom stereocenters. The van der Waals surface area contributed by atoms with Crippen LogP contribution in [0.15, 0.2) is 53.0 Å². The van der Waals surface area contributed by atoms with Gasteiger partial charge in [-0.3, -0.25) is 4.79 Å². The molecule has 1 unspecified atom stereocenters. The van der Waals surface area contributed by atoms with Gasteiger partial charge < -0.3 is 10.4 Å². The van der Waals surface area contributed by atoms with Crippen LogP contribution < -0.4 is 5.32 Å². The zero-order valence-corrected chi connectivity index (χ0v) is 13.6. The van der Waals surface area contributed by atoms with E-state index in [0.29, 0.717) is 23.6 Å². The van der Waals surface area contributed by atoms with E-state index in [1.807, 2.05) is 18.2 Å². The summed E-state index contributed by atoms with van der Waals surface area (Å²) in [5.41, 5.74) is 1.33. The Balaban J connectivity index is 1.87. The summed E-state index contributed by atoms with van der Waals surface area (Å²) in [7, 11) is 0. The van der Waals surface area contributed by atoms with Gasteiger partial charge in [-0.25, -0.2) is 0 Å². The molecule has 0 saturated heterocycles. The summed E-state index contributed by atoms with van der Waals surface area (Å²) in [5.74, 6) is -0.166. The van der Waals surface area contributed by atoms with Crippen LogP contribution in [0.3, 0.4) is 0 Å². The Labute approximate surface area is 137 Å². The summed E-state index contributed by atoms with van der Waals surface area (Å²) in [5, 5.41) is 13.4. The molecule has 0 aliphatic rings. The normalized spacial score (nSPS) is 12.0. The highest BCUT2D eigenvalue weighted by Gasteiger charge is 2.11. The third-order valence-corrected chi connectivity index (χ3v) is 3.98. The lowest BCUT2D eigenvalue weighted by Crippen LogP contribution is -2.25. The third-order valence-electron chi connectivity index (χ3n) is 3.06. The number of carbonyl (C=O) groups excluding carboxylic acids is 1. The summed E-state index contributed by atoms with van der Waals surface area (Å²) < 4.78 is 0.748. The van der Waals surface area contributed by atoms with Crippen molar-refractivity contribution in [3.05, 3.63) is 69.2 Å². The van der Waals surface area contributed by atoms with Gasteiger partial charge in [0.25, 0.3) is 5.91 Å². The van der Waals surface area contributed by atoms with Crippen LogP contribution in [-0.4, -0.2) is 17.6 Å². The van der Waals surface area contributed by atoms with Crippen molar-refractivity contribution in [2.24, 2.45) is 0 Å². The van der Waals surface area contributed by atoms with Crippen LogP contribution in [0.4, 0.5) is 0 Å². The Kier molecular flexibility index (Phi) is 5.79. The van der Waals surface area contributed by atoms with Crippen LogP contribution in [0.1, 0.15) is 28.4 Å². The number of nitrogens with one attached hydrogen (secondary N) is 1. The first-order chi connectivity index (χ1) is 10.1. The molecule has 0 aliphatic carbocycles. The highest BCUT2D eigenvalue weighted by molar-refractivity contribution is 9.10. The lowest BCUT2D eigenvalue weighted by Gasteiger charge is -2.12. The van der Waals surface area contributed by atoms with Gasteiger partial charge in [0, 0.05) is 16.0 Å². The van der Waals surface area contributed by atoms with Crippen LogP contribution in [0.5, 0.6) is 0 Å². The first-order valence-corrected chi connectivity index (χ1v) is 7.71. The van der Waals surface area contributed by atoms with Crippen LogP contribution in [0, 0.1) is 0 Å². The molecule has 2 N–H and O–H groups in total. The smallest absolute Gasteiger partial charge is 0.252 e. The summed E-state index contributed by atoms with van der Waals surface area (Å²) in [6, 6.07) is 14.3. The maximum absolute atomic E-state index is 12.0. The molecule has 2 aromatic carbocycles. The molecule has 1 amide bonds. The fourth-order valence-electron chi connectivity index (χ4n) is 1.94. The van der Waals surface area contributed by atoms with Gasteiger partial charge in [0.05, 0.1) is 11.7 Å². The molecule has 0 radical (unpaired) electrons. The van der Waals surface area contributed by atoms with Crippen molar-refractivity contribution in [2.45, 2.75) is 12.5 Å². The molecule has 21 heavy (non-hydrogen) atoms. The molecule has 0 aromatic heterocycles. The monoisotopic (exact) mass is 367 g/mol. The molecule has 0 fully saturated rings.